The van der Waals surface area contributed by atoms with E-state index in [4.69, 9.17) is 5.73 Å². The predicted octanol–water partition coefficient (Wildman–Crippen LogP) is 1.14. The number of sulfone groups is 1. The lowest BCUT2D eigenvalue weighted by molar-refractivity contribution is 0.0750. The van der Waals surface area contributed by atoms with Gasteiger partial charge in [-0.05, 0) is 24.6 Å². The van der Waals surface area contributed by atoms with E-state index in [1.807, 2.05) is 6.92 Å². The van der Waals surface area contributed by atoms with Gasteiger partial charge in [-0.15, -0.1) is 0 Å². The molecule has 0 aliphatic carbocycles. The van der Waals surface area contributed by atoms with Crippen LogP contribution in [0, 0.1) is 6.92 Å². The van der Waals surface area contributed by atoms with E-state index < -0.39 is 15.2 Å². The Labute approximate surface area is 123 Å². The van der Waals surface area contributed by atoms with E-state index in [-0.39, 0.29) is 5.91 Å². The molecule has 0 spiro atoms. The predicted molar refractivity (Wildman–Crippen MR) is 82.6 cm³/mol. The summed E-state index contributed by atoms with van der Waals surface area (Å²) in [6, 6.07) is 5.19. The van der Waals surface area contributed by atoms with Crippen molar-refractivity contribution in [2.45, 2.75) is 12.3 Å². The molecule has 1 atom stereocenters. The van der Waals surface area contributed by atoms with Crippen molar-refractivity contribution < 1.29 is 13.2 Å². The largest absolute Gasteiger partial charge is 0.398 e. The number of anilines is 1. The van der Waals surface area contributed by atoms with Crippen molar-refractivity contribution in [2.75, 3.05) is 30.0 Å². The van der Waals surface area contributed by atoms with Gasteiger partial charge in [0.1, 0.15) is 5.37 Å². The van der Waals surface area contributed by atoms with Crippen LogP contribution in [0.2, 0.25) is 0 Å². The van der Waals surface area contributed by atoms with Gasteiger partial charge in [0.25, 0.3) is 5.91 Å². The summed E-state index contributed by atoms with van der Waals surface area (Å²) < 4.78 is 23.7. The average Bonchev–Trinajstić information content (AvgIpc) is 2.37. The SMILES string of the molecule is Cc1ccc(C(=O)N2CCSCC2S(C)(=O)=O)c(N)c1. The molecule has 1 fully saturated rings. The number of benzene rings is 1. The number of hydrogen-bond acceptors (Lipinski definition) is 5. The number of amides is 1. The molecule has 2 rings (SSSR count). The van der Waals surface area contributed by atoms with Crippen molar-refractivity contribution in [3.63, 3.8) is 0 Å². The molecule has 7 heteroatoms. The Bertz CT molecular complexity index is 629. The molecule has 1 aromatic carbocycles. The minimum atomic E-state index is -3.31. The summed E-state index contributed by atoms with van der Waals surface area (Å²) in [5, 5.41) is -0.769. The second kappa shape index (κ2) is 5.65. The molecule has 0 saturated carbocycles. The van der Waals surface area contributed by atoms with Gasteiger partial charge < -0.3 is 10.6 Å². The summed E-state index contributed by atoms with van der Waals surface area (Å²) in [6.07, 6.45) is 1.17. The first-order valence-corrected chi connectivity index (χ1v) is 9.35. The molecule has 5 nitrogen and oxygen atoms in total. The van der Waals surface area contributed by atoms with E-state index >= 15 is 0 Å². The number of carbonyl (C=O) groups excluding carboxylic acids is 1. The summed E-state index contributed by atoms with van der Waals surface area (Å²) >= 11 is 1.55. The molecule has 1 heterocycles. The van der Waals surface area contributed by atoms with E-state index in [2.05, 4.69) is 0 Å². The summed E-state index contributed by atoms with van der Waals surface area (Å²) in [7, 11) is -3.31. The van der Waals surface area contributed by atoms with Crippen molar-refractivity contribution >= 4 is 33.2 Å². The van der Waals surface area contributed by atoms with Crippen LogP contribution in [0.25, 0.3) is 0 Å². The fraction of sp³-hybridized carbons (Fsp3) is 0.462. The van der Waals surface area contributed by atoms with Crippen LogP contribution in [0.1, 0.15) is 15.9 Å². The zero-order valence-electron chi connectivity index (χ0n) is 11.5. The molecular formula is C13H18N2O3S2. The van der Waals surface area contributed by atoms with Crippen LogP contribution in [-0.2, 0) is 9.84 Å². The third kappa shape index (κ3) is 3.09. The smallest absolute Gasteiger partial charge is 0.257 e. The first-order chi connectivity index (χ1) is 9.30. The molecule has 20 heavy (non-hydrogen) atoms. The van der Waals surface area contributed by atoms with E-state index in [1.165, 1.54) is 11.2 Å². The number of hydrogen-bond donors (Lipinski definition) is 1. The van der Waals surface area contributed by atoms with Crippen LogP contribution < -0.4 is 5.73 Å². The average molecular weight is 314 g/mol. The molecule has 1 aliphatic rings. The van der Waals surface area contributed by atoms with Gasteiger partial charge in [-0.1, -0.05) is 6.07 Å². The summed E-state index contributed by atoms with van der Waals surface area (Å²) in [6.45, 7) is 2.32. The van der Waals surface area contributed by atoms with Crippen molar-refractivity contribution in [1.29, 1.82) is 0 Å². The van der Waals surface area contributed by atoms with Gasteiger partial charge in [-0.25, -0.2) is 8.42 Å². The highest BCUT2D eigenvalue weighted by Crippen LogP contribution is 2.24. The second-order valence-electron chi connectivity index (χ2n) is 4.95. The Kier molecular flexibility index (Phi) is 4.29. The lowest BCUT2D eigenvalue weighted by Crippen LogP contribution is -2.50. The van der Waals surface area contributed by atoms with Crippen molar-refractivity contribution in [2.24, 2.45) is 0 Å². The molecule has 1 amide bonds. The second-order valence-corrected chi connectivity index (χ2v) is 8.30. The van der Waals surface area contributed by atoms with E-state index in [1.54, 1.807) is 30.0 Å². The standard InChI is InChI=1S/C13H18N2O3S2/c1-9-3-4-10(11(14)7-9)13(16)15-5-6-19-8-12(15)20(2,17)18/h3-4,7,12H,5-6,8,14H2,1-2H3. The molecular weight excluding hydrogens is 296 g/mol. The number of nitrogens with zero attached hydrogens (tertiary/aromatic N) is 1. The fourth-order valence-corrected chi connectivity index (χ4v) is 5.01. The quantitative estimate of drug-likeness (QED) is 0.828. The van der Waals surface area contributed by atoms with Crippen LogP contribution in [0.3, 0.4) is 0 Å². The van der Waals surface area contributed by atoms with Crippen LogP contribution in [0.4, 0.5) is 5.69 Å². The molecule has 2 N–H and O–H groups in total. The summed E-state index contributed by atoms with van der Waals surface area (Å²) in [5.41, 5.74) is 7.61. The summed E-state index contributed by atoms with van der Waals surface area (Å²) in [4.78, 5) is 14.0. The van der Waals surface area contributed by atoms with Gasteiger partial charge in [0.05, 0.1) is 5.56 Å². The Morgan fingerprint density at radius 1 is 1.45 bits per heavy atom. The Balaban J connectivity index is 2.35. The molecule has 1 aromatic rings. The highest BCUT2D eigenvalue weighted by Gasteiger charge is 2.35. The molecule has 0 bridgehead atoms. The maximum absolute atomic E-state index is 12.6. The van der Waals surface area contributed by atoms with E-state index in [0.29, 0.717) is 23.5 Å². The van der Waals surface area contributed by atoms with Crippen molar-refractivity contribution in [3.8, 4) is 0 Å². The molecule has 110 valence electrons. The van der Waals surface area contributed by atoms with Gasteiger partial charge in [0.2, 0.25) is 0 Å². The van der Waals surface area contributed by atoms with Crippen LogP contribution in [0.5, 0.6) is 0 Å². The van der Waals surface area contributed by atoms with Gasteiger partial charge in [0.15, 0.2) is 9.84 Å². The van der Waals surface area contributed by atoms with Crippen LogP contribution in [-0.4, -0.2) is 48.9 Å². The van der Waals surface area contributed by atoms with Crippen molar-refractivity contribution in [3.05, 3.63) is 29.3 Å². The van der Waals surface area contributed by atoms with E-state index in [0.717, 1.165) is 11.3 Å². The Morgan fingerprint density at radius 2 is 2.15 bits per heavy atom. The van der Waals surface area contributed by atoms with Crippen LogP contribution in [0.15, 0.2) is 18.2 Å². The zero-order valence-corrected chi connectivity index (χ0v) is 13.1. The number of aryl methyl sites for hydroxylation is 1. The number of nitrogens with two attached hydrogens (primary N) is 1. The van der Waals surface area contributed by atoms with Gasteiger partial charge in [-0.2, -0.15) is 11.8 Å². The highest BCUT2D eigenvalue weighted by atomic mass is 32.2. The van der Waals surface area contributed by atoms with Crippen LogP contribution >= 0.6 is 11.8 Å². The summed E-state index contributed by atoms with van der Waals surface area (Å²) in [5.74, 6) is 0.845. The molecule has 0 radical (unpaired) electrons. The zero-order chi connectivity index (χ0) is 14.9. The fourth-order valence-electron chi connectivity index (χ4n) is 2.20. The van der Waals surface area contributed by atoms with E-state index in [9.17, 15) is 13.2 Å². The third-order valence-corrected chi connectivity index (χ3v) is 5.92. The maximum atomic E-state index is 12.6. The van der Waals surface area contributed by atoms with Gasteiger partial charge >= 0.3 is 0 Å². The van der Waals surface area contributed by atoms with Gasteiger partial charge in [0, 0.05) is 30.0 Å². The maximum Gasteiger partial charge on any atom is 0.257 e. The Hall–Kier alpha value is -1.21. The molecule has 1 unspecified atom stereocenters. The Morgan fingerprint density at radius 3 is 2.75 bits per heavy atom. The molecule has 1 aliphatic heterocycles. The number of nitrogen functional groups attached to an aromatic ring is 1. The lowest BCUT2D eigenvalue weighted by atomic mass is 10.1. The third-order valence-electron chi connectivity index (χ3n) is 3.28. The number of rotatable bonds is 2. The minimum Gasteiger partial charge on any atom is -0.398 e. The minimum absolute atomic E-state index is 0.307. The topological polar surface area (TPSA) is 80.5 Å². The first kappa shape index (κ1) is 15.2. The number of thioether (sulfide) groups is 1. The van der Waals surface area contributed by atoms with Crippen molar-refractivity contribution in [1.82, 2.24) is 4.90 Å². The highest BCUT2D eigenvalue weighted by molar-refractivity contribution is 8.00. The first-order valence-electron chi connectivity index (χ1n) is 6.24. The monoisotopic (exact) mass is 314 g/mol. The number of carbonyl (C=O) groups is 1. The lowest BCUT2D eigenvalue weighted by Gasteiger charge is -2.34. The normalized spacial score (nSPS) is 19.9. The molecule has 0 aromatic heterocycles. The molecule has 1 saturated heterocycles. The van der Waals surface area contributed by atoms with Gasteiger partial charge in [-0.3, -0.25) is 4.79 Å².